The highest BCUT2D eigenvalue weighted by Gasteiger charge is 2.37. The molecule has 2 N–H and O–H groups in total. The zero-order valence-corrected chi connectivity index (χ0v) is 13.5. The molecule has 2 aliphatic rings. The van der Waals surface area contributed by atoms with Gasteiger partial charge in [0.25, 0.3) is 0 Å². The third-order valence-corrected chi connectivity index (χ3v) is 5.01. The number of likely N-dealkylation sites (tertiary alicyclic amines) is 1. The number of aliphatic hydroxyl groups excluding tert-OH is 1. The molecule has 126 valence electrons. The van der Waals surface area contributed by atoms with E-state index in [1.165, 1.54) is 19.3 Å². The summed E-state index contributed by atoms with van der Waals surface area (Å²) in [7, 11) is 0. The van der Waals surface area contributed by atoms with Crippen LogP contribution in [-0.2, 0) is 6.54 Å². The molecule has 5 nitrogen and oxygen atoms in total. The number of urea groups is 1. The number of ether oxygens (including phenoxy) is 1. The summed E-state index contributed by atoms with van der Waals surface area (Å²) in [5.74, 6) is 1.43. The van der Waals surface area contributed by atoms with E-state index >= 15 is 0 Å². The average Bonchev–Trinajstić information content (AvgIpc) is 2.98. The minimum absolute atomic E-state index is 0.0163. The number of hydrogen-bond acceptors (Lipinski definition) is 3. The highest BCUT2D eigenvalue weighted by molar-refractivity contribution is 5.75. The van der Waals surface area contributed by atoms with E-state index in [0.29, 0.717) is 18.5 Å². The lowest BCUT2D eigenvalue weighted by Gasteiger charge is -2.37. The van der Waals surface area contributed by atoms with E-state index in [1.807, 2.05) is 29.2 Å². The van der Waals surface area contributed by atoms with Crippen molar-refractivity contribution in [3.63, 3.8) is 0 Å². The summed E-state index contributed by atoms with van der Waals surface area (Å²) in [5.41, 5.74) is 0.939. The lowest BCUT2D eigenvalue weighted by molar-refractivity contribution is 0.139. The zero-order chi connectivity index (χ0) is 16.1. The molecule has 1 saturated heterocycles. The first-order chi connectivity index (χ1) is 11.3. The second kappa shape index (κ2) is 7.68. The standard InChI is InChI=1S/C18H26N2O3/c21-11-12-23-17-9-2-1-5-15(17)13-19-18(22)20-10-4-8-16(20)14-6-3-7-14/h1-2,5,9,14,16,21H,3-4,6-8,10-13H2,(H,19,22). The predicted molar refractivity (Wildman–Crippen MR) is 88.3 cm³/mol. The molecule has 1 aliphatic heterocycles. The molecule has 0 bridgehead atoms. The van der Waals surface area contributed by atoms with Crippen molar-refractivity contribution in [2.45, 2.75) is 44.7 Å². The number of carbonyl (C=O) groups excluding carboxylic acids is 1. The topological polar surface area (TPSA) is 61.8 Å². The Bertz CT molecular complexity index is 531. The van der Waals surface area contributed by atoms with E-state index in [0.717, 1.165) is 30.7 Å². The van der Waals surface area contributed by atoms with Gasteiger partial charge in [0.05, 0.1) is 6.61 Å². The summed E-state index contributed by atoms with van der Waals surface area (Å²) in [6.07, 6.45) is 6.11. The summed E-state index contributed by atoms with van der Waals surface area (Å²) in [6.45, 7) is 1.57. The van der Waals surface area contributed by atoms with Gasteiger partial charge in [0.15, 0.2) is 0 Å². The highest BCUT2D eigenvalue weighted by atomic mass is 16.5. The van der Waals surface area contributed by atoms with E-state index in [1.54, 1.807) is 0 Å². The fourth-order valence-corrected chi connectivity index (χ4v) is 3.58. The van der Waals surface area contributed by atoms with Crippen LogP contribution in [0.1, 0.15) is 37.7 Å². The lowest BCUT2D eigenvalue weighted by atomic mass is 9.79. The van der Waals surface area contributed by atoms with E-state index in [9.17, 15) is 4.79 Å². The van der Waals surface area contributed by atoms with Crippen LogP contribution >= 0.6 is 0 Å². The van der Waals surface area contributed by atoms with Crippen LogP contribution < -0.4 is 10.1 Å². The van der Waals surface area contributed by atoms with Gasteiger partial charge in [0.2, 0.25) is 0 Å². The molecular weight excluding hydrogens is 292 g/mol. The van der Waals surface area contributed by atoms with Crippen LogP contribution in [-0.4, -0.2) is 41.8 Å². The normalized spacial score (nSPS) is 21.1. The maximum Gasteiger partial charge on any atom is 0.317 e. The number of para-hydroxylation sites is 1. The molecular formula is C18H26N2O3. The number of nitrogens with zero attached hydrogens (tertiary/aromatic N) is 1. The Morgan fingerprint density at radius 3 is 2.83 bits per heavy atom. The van der Waals surface area contributed by atoms with Crippen molar-refractivity contribution in [3.05, 3.63) is 29.8 Å². The first kappa shape index (κ1) is 16.1. The molecule has 1 saturated carbocycles. The van der Waals surface area contributed by atoms with Crippen molar-refractivity contribution in [2.24, 2.45) is 5.92 Å². The molecule has 5 heteroatoms. The zero-order valence-electron chi connectivity index (χ0n) is 13.5. The van der Waals surface area contributed by atoms with Gasteiger partial charge in [-0.2, -0.15) is 0 Å². The molecule has 0 aromatic heterocycles. The van der Waals surface area contributed by atoms with Crippen LogP contribution in [0, 0.1) is 5.92 Å². The molecule has 1 aliphatic carbocycles. The van der Waals surface area contributed by atoms with Gasteiger partial charge in [0.1, 0.15) is 12.4 Å². The van der Waals surface area contributed by atoms with Gasteiger partial charge in [0, 0.05) is 24.7 Å². The SMILES string of the molecule is O=C(NCc1ccccc1OCCO)N1CCCC1C1CCC1. The van der Waals surface area contributed by atoms with Crippen LogP contribution in [0.3, 0.4) is 0 Å². The Morgan fingerprint density at radius 2 is 2.09 bits per heavy atom. The summed E-state index contributed by atoms with van der Waals surface area (Å²) >= 11 is 0. The number of nitrogens with one attached hydrogen (secondary N) is 1. The Morgan fingerprint density at radius 1 is 1.26 bits per heavy atom. The summed E-state index contributed by atoms with van der Waals surface area (Å²) in [6, 6.07) is 8.11. The Kier molecular flexibility index (Phi) is 5.39. The minimum Gasteiger partial charge on any atom is -0.491 e. The number of carbonyl (C=O) groups is 1. The van der Waals surface area contributed by atoms with Gasteiger partial charge in [-0.1, -0.05) is 24.6 Å². The van der Waals surface area contributed by atoms with Gasteiger partial charge in [-0.15, -0.1) is 0 Å². The van der Waals surface area contributed by atoms with Gasteiger partial charge < -0.3 is 20.1 Å². The molecule has 2 amide bonds. The van der Waals surface area contributed by atoms with Crippen molar-refractivity contribution in [1.29, 1.82) is 0 Å². The Balaban J connectivity index is 1.56. The molecule has 3 rings (SSSR count). The molecule has 1 unspecified atom stereocenters. The third kappa shape index (κ3) is 3.78. The Labute approximate surface area is 137 Å². The van der Waals surface area contributed by atoms with E-state index in [2.05, 4.69) is 5.32 Å². The smallest absolute Gasteiger partial charge is 0.317 e. The third-order valence-electron chi connectivity index (χ3n) is 5.01. The van der Waals surface area contributed by atoms with Crippen molar-refractivity contribution in [2.75, 3.05) is 19.8 Å². The maximum absolute atomic E-state index is 12.5. The van der Waals surface area contributed by atoms with Crippen LogP contribution in [0.2, 0.25) is 0 Å². The van der Waals surface area contributed by atoms with Crippen molar-refractivity contribution in [3.8, 4) is 5.75 Å². The number of aliphatic hydroxyl groups is 1. The predicted octanol–water partition coefficient (Wildman–Crippen LogP) is 2.53. The first-order valence-electron chi connectivity index (χ1n) is 8.65. The molecule has 1 heterocycles. The molecule has 1 aromatic carbocycles. The van der Waals surface area contributed by atoms with Crippen molar-refractivity contribution >= 4 is 6.03 Å². The second-order valence-electron chi connectivity index (χ2n) is 6.43. The summed E-state index contributed by atoms with van der Waals surface area (Å²) < 4.78 is 5.52. The number of rotatable bonds is 6. The maximum atomic E-state index is 12.5. The van der Waals surface area contributed by atoms with E-state index < -0.39 is 0 Å². The number of hydrogen-bond donors (Lipinski definition) is 2. The van der Waals surface area contributed by atoms with Gasteiger partial charge in [-0.05, 0) is 37.7 Å². The molecule has 0 spiro atoms. The number of benzene rings is 1. The second-order valence-corrected chi connectivity index (χ2v) is 6.43. The van der Waals surface area contributed by atoms with Crippen LogP contribution in [0.4, 0.5) is 4.79 Å². The first-order valence-corrected chi connectivity index (χ1v) is 8.65. The van der Waals surface area contributed by atoms with Gasteiger partial charge in [-0.25, -0.2) is 4.79 Å². The Hall–Kier alpha value is -1.75. The lowest BCUT2D eigenvalue weighted by Crippen LogP contribution is -2.46. The number of amides is 2. The molecule has 2 fully saturated rings. The van der Waals surface area contributed by atoms with Crippen LogP contribution in [0.5, 0.6) is 5.75 Å². The summed E-state index contributed by atoms with van der Waals surface area (Å²) in [5, 5.41) is 11.9. The van der Waals surface area contributed by atoms with Gasteiger partial charge >= 0.3 is 6.03 Å². The van der Waals surface area contributed by atoms with Crippen LogP contribution in [0.25, 0.3) is 0 Å². The monoisotopic (exact) mass is 318 g/mol. The van der Waals surface area contributed by atoms with Crippen molar-refractivity contribution < 1.29 is 14.6 Å². The van der Waals surface area contributed by atoms with Gasteiger partial charge in [-0.3, -0.25) is 0 Å². The average molecular weight is 318 g/mol. The van der Waals surface area contributed by atoms with E-state index in [4.69, 9.17) is 9.84 Å². The summed E-state index contributed by atoms with van der Waals surface area (Å²) in [4.78, 5) is 14.6. The molecule has 1 atom stereocenters. The minimum atomic E-state index is -0.0163. The van der Waals surface area contributed by atoms with Crippen molar-refractivity contribution in [1.82, 2.24) is 10.2 Å². The van der Waals surface area contributed by atoms with Crippen LogP contribution in [0.15, 0.2) is 24.3 Å². The fourth-order valence-electron chi connectivity index (χ4n) is 3.58. The van der Waals surface area contributed by atoms with E-state index in [-0.39, 0.29) is 19.2 Å². The highest BCUT2D eigenvalue weighted by Crippen LogP contribution is 2.37. The molecule has 0 radical (unpaired) electrons. The quantitative estimate of drug-likeness (QED) is 0.847. The largest absolute Gasteiger partial charge is 0.491 e. The molecule has 23 heavy (non-hydrogen) atoms. The fraction of sp³-hybridized carbons (Fsp3) is 0.611. The molecule has 1 aromatic rings.